The number of hydrogen-bond donors (Lipinski definition) is 2. The molecule has 0 heterocycles. The van der Waals surface area contributed by atoms with E-state index in [-0.39, 0.29) is 17.5 Å². The van der Waals surface area contributed by atoms with Gasteiger partial charge in [-0.05, 0) is 17.7 Å². The summed E-state index contributed by atoms with van der Waals surface area (Å²) in [6.45, 7) is 0.865. The second kappa shape index (κ2) is 7.56. The Bertz CT molecular complexity index is 473. The zero-order valence-corrected chi connectivity index (χ0v) is 11.9. The second-order valence-corrected chi connectivity index (χ2v) is 5.78. The molecule has 6 nitrogen and oxygen atoms in total. The summed E-state index contributed by atoms with van der Waals surface area (Å²) < 4.78 is 36.5. The van der Waals surface area contributed by atoms with Gasteiger partial charge in [-0.3, -0.25) is 0 Å². The normalized spacial score (nSPS) is 13.4. The Hall–Kier alpha value is -0.990. The molecule has 0 aliphatic heterocycles. The van der Waals surface area contributed by atoms with Crippen LogP contribution in [0.15, 0.2) is 29.2 Å². The predicted octanol–water partition coefficient (Wildman–Crippen LogP) is 0.0850. The monoisotopic (exact) mass is 288 g/mol. The molecule has 0 saturated heterocycles. The number of ether oxygens (including phenoxy) is 2. The van der Waals surface area contributed by atoms with E-state index in [9.17, 15) is 8.42 Å². The molecule has 0 aliphatic carbocycles. The lowest BCUT2D eigenvalue weighted by molar-refractivity contribution is 0.0320. The molecule has 0 radical (unpaired) electrons. The number of rotatable bonds is 8. The first-order chi connectivity index (χ1) is 9.03. The summed E-state index contributed by atoms with van der Waals surface area (Å²) in [7, 11) is -0.493. The van der Waals surface area contributed by atoms with E-state index in [4.69, 9.17) is 15.2 Å². The maximum atomic E-state index is 12.0. The Morgan fingerprint density at radius 3 is 2.37 bits per heavy atom. The molecule has 0 spiro atoms. The second-order valence-electron chi connectivity index (χ2n) is 4.01. The summed E-state index contributed by atoms with van der Waals surface area (Å²) in [5, 5.41) is 0. The number of hydrogen-bond acceptors (Lipinski definition) is 5. The molecule has 0 bridgehead atoms. The number of methoxy groups -OCH3 is 2. The number of sulfonamides is 1. The van der Waals surface area contributed by atoms with Crippen molar-refractivity contribution < 1.29 is 17.9 Å². The van der Waals surface area contributed by atoms with Crippen molar-refractivity contribution in [1.82, 2.24) is 4.72 Å². The number of benzene rings is 1. The van der Waals surface area contributed by atoms with Crippen molar-refractivity contribution in [3.05, 3.63) is 29.8 Å². The van der Waals surface area contributed by atoms with Crippen LogP contribution in [0.4, 0.5) is 0 Å². The minimum atomic E-state index is -3.54. The molecule has 1 aromatic carbocycles. The Balaban J connectivity index is 2.69. The van der Waals surface area contributed by atoms with Crippen molar-refractivity contribution >= 4 is 10.0 Å². The van der Waals surface area contributed by atoms with E-state index in [1.807, 2.05) is 0 Å². The van der Waals surface area contributed by atoms with E-state index in [1.165, 1.54) is 26.4 Å². The topological polar surface area (TPSA) is 90.7 Å². The number of nitrogens with one attached hydrogen (secondary N) is 1. The molecule has 3 N–H and O–H groups in total. The van der Waals surface area contributed by atoms with Crippen LogP contribution in [-0.2, 0) is 26.0 Å². The van der Waals surface area contributed by atoms with Crippen molar-refractivity contribution in [1.29, 1.82) is 0 Å². The van der Waals surface area contributed by atoms with Crippen LogP contribution in [0.5, 0.6) is 0 Å². The Morgan fingerprint density at radius 2 is 1.89 bits per heavy atom. The van der Waals surface area contributed by atoms with Gasteiger partial charge in [0.25, 0.3) is 0 Å². The maximum Gasteiger partial charge on any atom is 0.240 e. The Kier molecular flexibility index (Phi) is 6.40. The highest BCUT2D eigenvalue weighted by atomic mass is 32.2. The molecule has 1 rings (SSSR count). The van der Waals surface area contributed by atoms with E-state index < -0.39 is 10.0 Å². The molecular weight excluding hydrogens is 268 g/mol. The molecule has 19 heavy (non-hydrogen) atoms. The minimum Gasteiger partial charge on any atom is -0.382 e. The highest BCUT2D eigenvalue weighted by molar-refractivity contribution is 7.89. The highest BCUT2D eigenvalue weighted by Crippen LogP contribution is 2.10. The van der Waals surface area contributed by atoms with Crippen molar-refractivity contribution in [3.8, 4) is 0 Å². The van der Waals surface area contributed by atoms with Gasteiger partial charge in [-0.25, -0.2) is 13.1 Å². The summed E-state index contributed by atoms with van der Waals surface area (Å²) in [6, 6.07) is 6.44. The van der Waals surface area contributed by atoms with Gasteiger partial charge in [-0.2, -0.15) is 0 Å². The van der Waals surface area contributed by atoms with Gasteiger partial charge in [-0.15, -0.1) is 0 Å². The fourth-order valence-corrected chi connectivity index (χ4v) is 2.55. The van der Waals surface area contributed by atoms with Gasteiger partial charge in [-0.1, -0.05) is 12.1 Å². The third-order valence-electron chi connectivity index (χ3n) is 2.66. The van der Waals surface area contributed by atoms with E-state index >= 15 is 0 Å². The minimum absolute atomic E-state index is 0.158. The molecule has 7 heteroatoms. The van der Waals surface area contributed by atoms with E-state index in [2.05, 4.69) is 4.72 Å². The lowest BCUT2D eigenvalue weighted by atomic mass is 10.2. The van der Waals surface area contributed by atoms with Gasteiger partial charge in [0.15, 0.2) is 0 Å². The summed E-state index contributed by atoms with van der Waals surface area (Å²) in [5.41, 5.74) is 6.35. The third-order valence-corrected chi connectivity index (χ3v) is 4.10. The summed E-state index contributed by atoms with van der Waals surface area (Å²) in [6.07, 6.45) is -0.317. The van der Waals surface area contributed by atoms with E-state index in [0.717, 1.165) is 5.56 Å². The molecule has 0 aromatic heterocycles. The zero-order valence-electron chi connectivity index (χ0n) is 11.1. The molecule has 0 fully saturated rings. The lowest BCUT2D eigenvalue weighted by Gasteiger charge is -2.15. The lowest BCUT2D eigenvalue weighted by Crippen LogP contribution is -2.35. The molecule has 108 valence electrons. The Morgan fingerprint density at radius 1 is 1.26 bits per heavy atom. The molecule has 1 unspecified atom stereocenters. The molecular formula is C12H20N2O4S. The first kappa shape index (κ1) is 16.1. The predicted molar refractivity (Wildman–Crippen MR) is 72.2 cm³/mol. The molecule has 0 saturated carbocycles. The van der Waals surface area contributed by atoms with Crippen LogP contribution in [0.2, 0.25) is 0 Å². The van der Waals surface area contributed by atoms with Crippen molar-refractivity contribution in [2.24, 2.45) is 5.73 Å². The van der Waals surface area contributed by atoms with Gasteiger partial charge in [0.2, 0.25) is 10.0 Å². The van der Waals surface area contributed by atoms with Crippen LogP contribution in [0.1, 0.15) is 5.56 Å². The summed E-state index contributed by atoms with van der Waals surface area (Å²) >= 11 is 0. The van der Waals surface area contributed by atoms with Gasteiger partial charge < -0.3 is 15.2 Å². The van der Waals surface area contributed by atoms with Crippen LogP contribution in [0.25, 0.3) is 0 Å². The smallest absolute Gasteiger partial charge is 0.240 e. The first-order valence-electron chi connectivity index (χ1n) is 5.84. The summed E-state index contributed by atoms with van der Waals surface area (Å²) in [4.78, 5) is 0.206. The van der Waals surface area contributed by atoms with Crippen molar-refractivity contribution in [2.75, 3.05) is 27.4 Å². The van der Waals surface area contributed by atoms with Gasteiger partial charge in [0.1, 0.15) is 0 Å². The van der Waals surface area contributed by atoms with Crippen molar-refractivity contribution in [2.45, 2.75) is 17.5 Å². The highest BCUT2D eigenvalue weighted by Gasteiger charge is 2.16. The van der Waals surface area contributed by atoms with Gasteiger partial charge in [0.05, 0.1) is 17.6 Å². The molecule has 1 atom stereocenters. The first-order valence-corrected chi connectivity index (χ1v) is 7.32. The Labute approximate surface area is 113 Å². The molecule has 0 amide bonds. The van der Waals surface area contributed by atoms with Crippen LogP contribution >= 0.6 is 0 Å². The zero-order chi connectivity index (χ0) is 14.3. The molecule has 1 aromatic rings. The van der Waals surface area contributed by atoms with Crippen LogP contribution in [-0.4, -0.2) is 41.9 Å². The standard InChI is InChI=1S/C12H20N2O4S/c1-17-9-11(18-2)8-14-19(15,16)12-5-3-10(7-13)4-6-12/h3-6,11,14H,7-9,13H2,1-2H3. The average Bonchev–Trinajstić information content (AvgIpc) is 2.43. The SMILES string of the molecule is COCC(CNS(=O)(=O)c1ccc(CN)cc1)OC. The number of nitrogens with two attached hydrogens (primary N) is 1. The third kappa shape index (κ3) is 4.88. The summed E-state index contributed by atoms with van der Waals surface area (Å²) in [5.74, 6) is 0. The fourth-order valence-electron chi connectivity index (χ4n) is 1.49. The van der Waals surface area contributed by atoms with Gasteiger partial charge >= 0.3 is 0 Å². The van der Waals surface area contributed by atoms with E-state index in [1.54, 1.807) is 12.1 Å². The van der Waals surface area contributed by atoms with Crippen LogP contribution in [0, 0.1) is 0 Å². The van der Waals surface area contributed by atoms with Crippen molar-refractivity contribution in [3.63, 3.8) is 0 Å². The quantitative estimate of drug-likeness (QED) is 0.707. The fraction of sp³-hybridized carbons (Fsp3) is 0.500. The maximum absolute atomic E-state index is 12.0. The van der Waals surface area contributed by atoms with E-state index in [0.29, 0.717) is 13.2 Å². The van der Waals surface area contributed by atoms with Crippen LogP contribution < -0.4 is 10.5 Å². The van der Waals surface area contributed by atoms with Crippen LogP contribution in [0.3, 0.4) is 0 Å². The molecule has 0 aliphatic rings. The largest absolute Gasteiger partial charge is 0.382 e. The van der Waals surface area contributed by atoms with Gasteiger partial charge in [0, 0.05) is 27.3 Å². The average molecular weight is 288 g/mol.